The fourth-order valence-corrected chi connectivity index (χ4v) is 2.57. The number of rotatable bonds is 8. The third kappa shape index (κ3) is 5.04. The Bertz CT molecular complexity index is 358. The van der Waals surface area contributed by atoms with E-state index in [1.165, 1.54) is 37.8 Å². The zero-order valence-corrected chi connectivity index (χ0v) is 12.7. The van der Waals surface area contributed by atoms with Crippen molar-refractivity contribution in [3.05, 3.63) is 24.3 Å². The van der Waals surface area contributed by atoms with E-state index in [0.717, 1.165) is 38.5 Å². The second-order valence-corrected chi connectivity index (χ2v) is 5.49. The maximum Gasteiger partial charge on any atom is 0.119 e. The van der Waals surface area contributed by atoms with Gasteiger partial charge in [-0.2, -0.15) is 0 Å². The van der Waals surface area contributed by atoms with Gasteiger partial charge in [0.15, 0.2) is 0 Å². The molecular weight excluding hydrogens is 248 g/mol. The number of ether oxygens (including phenoxy) is 1. The fourth-order valence-electron chi connectivity index (χ4n) is 2.57. The molecule has 1 fully saturated rings. The van der Waals surface area contributed by atoms with Crippen molar-refractivity contribution in [2.75, 3.05) is 37.7 Å². The van der Waals surface area contributed by atoms with E-state index in [1.54, 1.807) is 0 Å². The highest BCUT2D eigenvalue weighted by Gasteiger charge is 2.09. The lowest BCUT2D eigenvalue weighted by atomic mass is 10.2. The van der Waals surface area contributed by atoms with E-state index in [9.17, 15) is 0 Å². The third-order valence-corrected chi connectivity index (χ3v) is 3.84. The Hall–Kier alpha value is -1.22. The van der Waals surface area contributed by atoms with Crippen LogP contribution in [0.4, 0.5) is 5.69 Å². The van der Waals surface area contributed by atoms with Crippen LogP contribution in [0.5, 0.6) is 5.75 Å². The highest BCUT2D eigenvalue weighted by Crippen LogP contribution is 2.20. The lowest BCUT2D eigenvalue weighted by molar-refractivity contribution is 0.304. The number of hydrogen-bond acceptors (Lipinski definition) is 3. The van der Waals surface area contributed by atoms with Gasteiger partial charge in [0.25, 0.3) is 0 Å². The Balaban J connectivity index is 1.68. The van der Waals surface area contributed by atoms with E-state index >= 15 is 0 Å². The first-order valence-corrected chi connectivity index (χ1v) is 8.08. The van der Waals surface area contributed by atoms with Crippen molar-refractivity contribution < 1.29 is 4.74 Å². The van der Waals surface area contributed by atoms with E-state index in [4.69, 9.17) is 4.74 Å². The molecule has 0 aromatic heterocycles. The molecule has 112 valence electrons. The molecule has 1 aliphatic heterocycles. The van der Waals surface area contributed by atoms with Crippen LogP contribution in [-0.2, 0) is 0 Å². The van der Waals surface area contributed by atoms with Gasteiger partial charge in [0.2, 0.25) is 0 Å². The van der Waals surface area contributed by atoms with Gasteiger partial charge in [0.1, 0.15) is 5.75 Å². The van der Waals surface area contributed by atoms with Crippen LogP contribution in [0.1, 0.15) is 39.0 Å². The highest BCUT2D eigenvalue weighted by atomic mass is 16.5. The molecule has 20 heavy (non-hydrogen) atoms. The van der Waals surface area contributed by atoms with Crippen LogP contribution in [-0.4, -0.2) is 32.8 Å². The summed E-state index contributed by atoms with van der Waals surface area (Å²) in [4.78, 5) is 2.42. The fraction of sp³-hybridized carbons (Fsp3) is 0.647. The number of hydrogen-bond donors (Lipinski definition) is 1. The molecule has 1 saturated heterocycles. The third-order valence-electron chi connectivity index (χ3n) is 3.84. The maximum absolute atomic E-state index is 5.80. The topological polar surface area (TPSA) is 24.5 Å². The summed E-state index contributed by atoms with van der Waals surface area (Å²) in [5.41, 5.74) is 1.31. The Labute approximate surface area is 123 Å². The molecule has 1 aromatic rings. The summed E-state index contributed by atoms with van der Waals surface area (Å²) in [6, 6.07) is 8.56. The van der Waals surface area contributed by atoms with Gasteiger partial charge in [0.05, 0.1) is 6.61 Å². The van der Waals surface area contributed by atoms with Gasteiger partial charge in [-0.1, -0.05) is 32.6 Å². The highest BCUT2D eigenvalue weighted by molar-refractivity contribution is 5.49. The first-order valence-electron chi connectivity index (χ1n) is 8.08. The Kier molecular flexibility index (Phi) is 6.72. The minimum atomic E-state index is 0.844. The molecule has 1 aromatic carbocycles. The summed E-state index contributed by atoms with van der Waals surface area (Å²) < 4.78 is 5.80. The van der Waals surface area contributed by atoms with E-state index in [2.05, 4.69) is 41.4 Å². The summed E-state index contributed by atoms with van der Waals surface area (Å²) in [5, 5.41) is 3.38. The Morgan fingerprint density at radius 2 is 1.70 bits per heavy atom. The van der Waals surface area contributed by atoms with Crippen LogP contribution in [0.25, 0.3) is 0 Å². The van der Waals surface area contributed by atoms with Gasteiger partial charge in [0, 0.05) is 31.9 Å². The van der Waals surface area contributed by atoms with Crippen LogP contribution in [0.15, 0.2) is 24.3 Å². The molecule has 0 radical (unpaired) electrons. The predicted molar refractivity (Wildman–Crippen MR) is 85.8 cm³/mol. The van der Waals surface area contributed by atoms with Crippen molar-refractivity contribution >= 4 is 5.69 Å². The first-order chi connectivity index (χ1) is 9.90. The number of nitrogens with zero attached hydrogens (tertiary/aromatic N) is 1. The Morgan fingerprint density at radius 3 is 2.40 bits per heavy atom. The van der Waals surface area contributed by atoms with Crippen LogP contribution in [0.3, 0.4) is 0 Å². The molecule has 1 heterocycles. The molecule has 2 rings (SSSR count). The summed E-state index contributed by atoms with van der Waals surface area (Å²) in [5.74, 6) is 0.999. The smallest absolute Gasteiger partial charge is 0.119 e. The number of unbranched alkanes of at least 4 members (excludes halogenated alkanes) is 4. The van der Waals surface area contributed by atoms with Gasteiger partial charge in [-0.15, -0.1) is 0 Å². The number of nitrogens with one attached hydrogen (secondary N) is 1. The number of benzene rings is 1. The quantitative estimate of drug-likeness (QED) is 0.736. The standard InChI is InChI=1S/C17H28N2O/c1-2-3-4-5-6-15-20-17-9-7-16(8-10-17)19-13-11-18-12-14-19/h7-10,18H,2-6,11-15H2,1H3. The Morgan fingerprint density at radius 1 is 1.00 bits per heavy atom. The van der Waals surface area contributed by atoms with Gasteiger partial charge in [-0.3, -0.25) is 0 Å². The average Bonchev–Trinajstić information content (AvgIpc) is 2.52. The van der Waals surface area contributed by atoms with E-state index in [0.29, 0.717) is 0 Å². The second kappa shape index (κ2) is 8.85. The van der Waals surface area contributed by atoms with Gasteiger partial charge < -0.3 is 15.0 Å². The molecule has 3 nitrogen and oxygen atoms in total. The van der Waals surface area contributed by atoms with E-state index in [-0.39, 0.29) is 0 Å². The van der Waals surface area contributed by atoms with Crippen molar-refractivity contribution in [2.45, 2.75) is 39.0 Å². The maximum atomic E-state index is 5.80. The van der Waals surface area contributed by atoms with Crippen molar-refractivity contribution in [1.82, 2.24) is 5.32 Å². The first kappa shape index (κ1) is 15.2. The van der Waals surface area contributed by atoms with E-state index < -0.39 is 0 Å². The zero-order chi connectivity index (χ0) is 14.0. The SMILES string of the molecule is CCCCCCCOc1ccc(N2CCNCC2)cc1. The molecule has 0 amide bonds. The molecule has 0 aliphatic carbocycles. The summed E-state index contributed by atoms with van der Waals surface area (Å²) in [6.07, 6.45) is 6.43. The zero-order valence-electron chi connectivity index (χ0n) is 12.7. The van der Waals surface area contributed by atoms with Gasteiger partial charge in [-0.25, -0.2) is 0 Å². The molecule has 1 aliphatic rings. The minimum absolute atomic E-state index is 0.844. The monoisotopic (exact) mass is 276 g/mol. The van der Waals surface area contributed by atoms with Crippen molar-refractivity contribution in [1.29, 1.82) is 0 Å². The lowest BCUT2D eigenvalue weighted by Crippen LogP contribution is -2.43. The molecular formula is C17H28N2O. The van der Waals surface area contributed by atoms with Gasteiger partial charge >= 0.3 is 0 Å². The summed E-state index contributed by atoms with van der Waals surface area (Å²) in [6.45, 7) is 7.44. The lowest BCUT2D eigenvalue weighted by Gasteiger charge is -2.29. The molecule has 0 spiro atoms. The largest absolute Gasteiger partial charge is 0.494 e. The van der Waals surface area contributed by atoms with Gasteiger partial charge in [-0.05, 0) is 30.7 Å². The second-order valence-electron chi connectivity index (χ2n) is 5.49. The van der Waals surface area contributed by atoms with Crippen LogP contribution in [0, 0.1) is 0 Å². The molecule has 0 atom stereocenters. The molecule has 0 saturated carbocycles. The number of piperazine rings is 1. The van der Waals surface area contributed by atoms with Crippen molar-refractivity contribution in [3.63, 3.8) is 0 Å². The number of anilines is 1. The summed E-state index contributed by atoms with van der Waals surface area (Å²) >= 11 is 0. The van der Waals surface area contributed by atoms with Crippen molar-refractivity contribution in [3.8, 4) is 5.75 Å². The van der Waals surface area contributed by atoms with Crippen LogP contribution in [0.2, 0.25) is 0 Å². The van der Waals surface area contributed by atoms with Crippen molar-refractivity contribution in [2.24, 2.45) is 0 Å². The molecule has 3 heteroatoms. The van der Waals surface area contributed by atoms with Crippen LogP contribution < -0.4 is 15.0 Å². The van der Waals surface area contributed by atoms with Crippen LogP contribution >= 0.6 is 0 Å². The molecule has 1 N–H and O–H groups in total. The van der Waals surface area contributed by atoms with E-state index in [1.807, 2.05) is 0 Å². The molecule has 0 unspecified atom stereocenters. The summed E-state index contributed by atoms with van der Waals surface area (Å²) in [7, 11) is 0. The average molecular weight is 276 g/mol. The minimum Gasteiger partial charge on any atom is -0.494 e. The predicted octanol–water partition coefficient (Wildman–Crippen LogP) is 3.45. The normalized spacial score (nSPS) is 15.3. The molecule has 0 bridgehead atoms.